The predicted octanol–water partition coefficient (Wildman–Crippen LogP) is 4.32. The van der Waals surface area contributed by atoms with E-state index in [9.17, 15) is 27.6 Å². The summed E-state index contributed by atoms with van der Waals surface area (Å²) in [5.41, 5.74) is -0.127. The van der Waals surface area contributed by atoms with Crippen molar-refractivity contribution in [3.63, 3.8) is 0 Å². The first-order valence-electron chi connectivity index (χ1n) is 11.5. The minimum atomic E-state index is -4.63. The van der Waals surface area contributed by atoms with E-state index in [1.807, 2.05) is 30.5 Å². The molecule has 0 atom stereocenters. The molecule has 0 aliphatic heterocycles. The van der Waals surface area contributed by atoms with E-state index in [-0.39, 0.29) is 29.1 Å². The molecule has 0 saturated carbocycles. The van der Waals surface area contributed by atoms with Crippen molar-refractivity contribution in [1.29, 1.82) is 0 Å². The van der Waals surface area contributed by atoms with Gasteiger partial charge in [-0.15, -0.1) is 0 Å². The van der Waals surface area contributed by atoms with Crippen LogP contribution in [-0.2, 0) is 12.6 Å². The van der Waals surface area contributed by atoms with Crippen LogP contribution in [0.3, 0.4) is 0 Å². The Kier molecular flexibility index (Phi) is 6.93. The Morgan fingerprint density at radius 1 is 1.03 bits per heavy atom. The van der Waals surface area contributed by atoms with Crippen LogP contribution in [-0.4, -0.2) is 46.9 Å². The van der Waals surface area contributed by atoms with Crippen LogP contribution in [0.1, 0.15) is 37.5 Å². The van der Waals surface area contributed by atoms with Crippen LogP contribution in [0.15, 0.2) is 65.6 Å². The maximum absolute atomic E-state index is 13.4. The molecule has 0 spiro atoms. The number of alkyl halides is 3. The van der Waals surface area contributed by atoms with E-state index in [2.05, 4.69) is 10.3 Å². The Morgan fingerprint density at radius 2 is 1.76 bits per heavy atom. The van der Waals surface area contributed by atoms with Gasteiger partial charge in [0.25, 0.3) is 17.4 Å². The fourth-order valence-electron chi connectivity index (χ4n) is 4.20. The Labute approximate surface area is 210 Å². The standard InChI is InChI=1S/C27H25F3N4O3/c1-16-21(25(36)33(2)3)14-22(26(37)34(16)19-8-6-7-18(13-19)27(28,29)30)24(35)31-12-11-17-15-32-23-10-5-4-9-20(17)23/h4-10,13-15,32H,11-12H2,1-3H3,(H,31,35). The smallest absolute Gasteiger partial charge is 0.361 e. The number of nitrogens with one attached hydrogen (secondary N) is 2. The van der Waals surface area contributed by atoms with Gasteiger partial charge in [0.2, 0.25) is 0 Å². The van der Waals surface area contributed by atoms with Crippen molar-refractivity contribution in [3.05, 3.63) is 99.1 Å². The summed E-state index contributed by atoms with van der Waals surface area (Å²) in [5, 5.41) is 3.71. The molecular formula is C27H25F3N4O3. The predicted molar refractivity (Wildman–Crippen MR) is 134 cm³/mol. The van der Waals surface area contributed by atoms with Crippen LogP contribution in [0.2, 0.25) is 0 Å². The summed E-state index contributed by atoms with van der Waals surface area (Å²) in [6, 6.07) is 13.1. The van der Waals surface area contributed by atoms with Crippen molar-refractivity contribution in [3.8, 4) is 5.69 Å². The number of aromatic nitrogens is 2. The molecule has 2 aromatic heterocycles. The molecule has 0 fully saturated rings. The Morgan fingerprint density at radius 3 is 2.46 bits per heavy atom. The number of halogens is 3. The number of para-hydroxylation sites is 1. The molecule has 2 aromatic carbocycles. The summed E-state index contributed by atoms with van der Waals surface area (Å²) in [5.74, 6) is -1.22. The summed E-state index contributed by atoms with van der Waals surface area (Å²) in [6.07, 6.45) is -2.31. The molecule has 0 saturated heterocycles. The second-order valence-electron chi connectivity index (χ2n) is 8.81. The second kappa shape index (κ2) is 9.96. The largest absolute Gasteiger partial charge is 0.416 e. The number of carbonyl (C=O) groups excluding carboxylic acids is 2. The van der Waals surface area contributed by atoms with Gasteiger partial charge >= 0.3 is 6.18 Å². The van der Waals surface area contributed by atoms with Gasteiger partial charge in [-0.2, -0.15) is 13.2 Å². The topological polar surface area (TPSA) is 87.2 Å². The number of pyridine rings is 1. The third kappa shape index (κ3) is 5.13. The summed E-state index contributed by atoms with van der Waals surface area (Å²) in [6.45, 7) is 1.66. The molecule has 4 rings (SSSR count). The Balaban J connectivity index is 1.71. The molecule has 37 heavy (non-hydrogen) atoms. The van der Waals surface area contributed by atoms with Gasteiger partial charge in [-0.25, -0.2) is 0 Å². The minimum absolute atomic E-state index is 0.0313. The van der Waals surface area contributed by atoms with Crippen molar-refractivity contribution >= 4 is 22.7 Å². The maximum atomic E-state index is 13.4. The zero-order valence-corrected chi connectivity index (χ0v) is 20.4. The first kappa shape index (κ1) is 25.7. The number of benzene rings is 2. The summed E-state index contributed by atoms with van der Waals surface area (Å²) < 4.78 is 41.0. The SMILES string of the molecule is Cc1c(C(=O)N(C)C)cc(C(=O)NCCc2c[nH]c3ccccc23)c(=O)n1-c1cccc(C(F)(F)F)c1. The van der Waals surface area contributed by atoms with Crippen molar-refractivity contribution in [2.24, 2.45) is 0 Å². The third-order valence-electron chi connectivity index (χ3n) is 6.12. The van der Waals surface area contributed by atoms with Crippen LogP contribution >= 0.6 is 0 Å². The number of fused-ring (bicyclic) bond motifs is 1. The number of nitrogens with zero attached hydrogens (tertiary/aromatic N) is 2. The zero-order chi connectivity index (χ0) is 26.9. The highest BCUT2D eigenvalue weighted by Crippen LogP contribution is 2.30. The summed E-state index contributed by atoms with van der Waals surface area (Å²) in [7, 11) is 3.00. The van der Waals surface area contributed by atoms with Crippen molar-refractivity contribution in [2.45, 2.75) is 19.5 Å². The van der Waals surface area contributed by atoms with E-state index in [0.29, 0.717) is 6.42 Å². The van der Waals surface area contributed by atoms with Gasteiger partial charge < -0.3 is 15.2 Å². The van der Waals surface area contributed by atoms with Gasteiger partial charge in [0.15, 0.2) is 0 Å². The third-order valence-corrected chi connectivity index (χ3v) is 6.12. The van der Waals surface area contributed by atoms with E-state index in [1.165, 1.54) is 44.1 Å². The Hall–Kier alpha value is -4.34. The van der Waals surface area contributed by atoms with E-state index in [1.54, 1.807) is 0 Å². The molecule has 2 N–H and O–H groups in total. The average Bonchev–Trinajstić information content (AvgIpc) is 3.26. The van der Waals surface area contributed by atoms with Crippen LogP contribution in [0.25, 0.3) is 16.6 Å². The van der Waals surface area contributed by atoms with Crippen molar-refractivity contribution in [1.82, 2.24) is 19.8 Å². The van der Waals surface area contributed by atoms with Crippen molar-refractivity contribution in [2.75, 3.05) is 20.6 Å². The monoisotopic (exact) mass is 510 g/mol. The molecule has 10 heteroatoms. The number of hydrogen-bond donors (Lipinski definition) is 2. The lowest BCUT2D eigenvalue weighted by molar-refractivity contribution is -0.137. The summed E-state index contributed by atoms with van der Waals surface area (Å²) in [4.78, 5) is 43.8. The first-order chi connectivity index (χ1) is 17.5. The molecule has 0 bridgehead atoms. The second-order valence-corrected chi connectivity index (χ2v) is 8.81. The number of rotatable bonds is 6. The van der Waals surface area contributed by atoms with Gasteiger partial charge in [-0.05, 0) is 49.2 Å². The highest BCUT2D eigenvalue weighted by molar-refractivity contribution is 6.00. The molecule has 0 radical (unpaired) electrons. The fourth-order valence-corrected chi connectivity index (χ4v) is 4.20. The number of amides is 2. The van der Waals surface area contributed by atoms with Gasteiger partial charge in [-0.3, -0.25) is 19.0 Å². The highest BCUT2D eigenvalue weighted by Gasteiger charge is 2.31. The average molecular weight is 511 g/mol. The number of carbonyl (C=O) groups is 2. The lowest BCUT2D eigenvalue weighted by atomic mass is 10.1. The molecule has 4 aromatic rings. The van der Waals surface area contributed by atoms with Crippen LogP contribution in [0, 0.1) is 6.92 Å². The molecule has 2 heterocycles. The quantitative estimate of drug-likeness (QED) is 0.405. The molecule has 2 amide bonds. The lowest BCUT2D eigenvalue weighted by Gasteiger charge is -2.19. The van der Waals surface area contributed by atoms with Gasteiger partial charge in [0.05, 0.1) is 11.1 Å². The van der Waals surface area contributed by atoms with E-state index < -0.39 is 29.1 Å². The lowest BCUT2D eigenvalue weighted by Crippen LogP contribution is -2.36. The number of H-pyrrole nitrogens is 1. The first-order valence-corrected chi connectivity index (χ1v) is 11.5. The van der Waals surface area contributed by atoms with Crippen molar-refractivity contribution < 1.29 is 22.8 Å². The van der Waals surface area contributed by atoms with Crippen LogP contribution in [0.4, 0.5) is 13.2 Å². The Bertz CT molecular complexity index is 1550. The normalized spacial score (nSPS) is 11.5. The van der Waals surface area contributed by atoms with E-state index >= 15 is 0 Å². The molecule has 0 unspecified atom stereocenters. The van der Waals surface area contributed by atoms with Gasteiger partial charge in [0, 0.05) is 49.1 Å². The summed E-state index contributed by atoms with van der Waals surface area (Å²) >= 11 is 0. The van der Waals surface area contributed by atoms with E-state index in [4.69, 9.17) is 0 Å². The molecule has 0 aliphatic rings. The molecule has 0 aliphatic carbocycles. The minimum Gasteiger partial charge on any atom is -0.361 e. The van der Waals surface area contributed by atoms with E-state index in [0.717, 1.165) is 33.2 Å². The number of hydrogen-bond acceptors (Lipinski definition) is 3. The van der Waals surface area contributed by atoms with Gasteiger partial charge in [-0.1, -0.05) is 24.3 Å². The van der Waals surface area contributed by atoms with Crippen LogP contribution < -0.4 is 10.9 Å². The molecule has 7 nitrogen and oxygen atoms in total. The van der Waals surface area contributed by atoms with Gasteiger partial charge in [0.1, 0.15) is 5.56 Å². The van der Waals surface area contributed by atoms with Crippen LogP contribution in [0.5, 0.6) is 0 Å². The zero-order valence-electron chi connectivity index (χ0n) is 20.4. The number of aromatic amines is 1. The highest BCUT2D eigenvalue weighted by atomic mass is 19.4. The molecular weight excluding hydrogens is 485 g/mol. The maximum Gasteiger partial charge on any atom is 0.416 e. The fraction of sp³-hybridized carbons (Fsp3) is 0.222. The molecule has 192 valence electrons.